The quantitative estimate of drug-likeness (QED) is 0.440. The van der Waals surface area contributed by atoms with Crippen LogP contribution in [0.25, 0.3) is 0 Å². The largest absolute Gasteiger partial charge is 0.421 e. The Morgan fingerprint density at radius 3 is 2.36 bits per heavy atom. The van der Waals surface area contributed by atoms with Gasteiger partial charge in [0.15, 0.2) is 14.9 Å². The maximum Gasteiger partial charge on any atom is 0.421 e. The van der Waals surface area contributed by atoms with Crippen LogP contribution < -0.4 is 16.4 Å². The number of nitrogens with zero attached hydrogens (tertiary/aromatic N) is 4. The van der Waals surface area contributed by atoms with Crippen LogP contribution in [-0.2, 0) is 22.6 Å². The monoisotopic (exact) mass is 481 g/mol. The Labute approximate surface area is 186 Å². The molecule has 0 aliphatic heterocycles. The molecule has 0 atom stereocenters. The van der Waals surface area contributed by atoms with Crippen molar-refractivity contribution in [3.63, 3.8) is 0 Å². The fourth-order valence-corrected chi connectivity index (χ4v) is 3.65. The lowest BCUT2D eigenvalue weighted by Crippen LogP contribution is -2.17. The molecule has 33 heavy (non-hydrogen) atoms. The molecule has 4 N–H and O–H groups in total. The number of benzene rings is 1. The SMILES string of the molecule is CCS(=O)(=O)c1nccnc1CNc1nc(Nc2ccc(C(N)=O)cc2)ncc1C(F)(F)F. The highest BCUT2D eigenvalue weighted by Crippen LogP contribution is 2.34. The van der Waals surface area contributed by atoms with Crippen molar-refractivity contribution in [3.05, 3.63) is 59.7 Å². The van der Waals surface area contributed by atoms with E-state index in [0.29, 0.717) is 11.9 Å². The molecule has 0 spiro atoms. The molecule has 2 heterocycles. The number of primary amides is 1. The van der Waals surface area contributed by atoms with Gasteiger partial charge in [0.25, 0.3) is 0 Å². The summed E-state index contributed by atoms with van der Waals surface area (Å²) in [5, 5.41) is 4.89. The van der Waals surface area contributed by atoms with Gasteiger partial charge in [-0.25, -0.2) is 18.4 Å². The molecule has 0 saturated heterocycles. The van der Waals surface area contributed by atoms with E-state index in [-0.39, 0.29) is 34.5 Å². The summed E-state index contributed by atoms with van der Waals surface area (Å²) in [7, 11) is -3.74. The third kappa shape index (κ3) is 5.71. The van der Waals surface area contributed by atoms with Crippen molar-refractivity contribution in [2.24, 2.45) is 5.73 Å². The second kappa shape index (κ2) is 9.36. The lowest BCUT2D eigenvalue weighted by molar-refractivity contribution is -0.137. The smallest absolute Gasteiger partial charge is 0.366 e. The zero-order valence-corrected chi connectivity index (χ0v) is 17.9. The number of alkyl halides is 3. The first-order valence-electron chi connectivity index (χ1n) is 9.39. The molecule has 1 aromatic carbocycles. The average Bonchev–Trinajstić information content (AvgIpc) is 2.77. The van der Waals surface area contributed by atoms with Crippen LogP contribution >= 0.6 is 0 Å². The van der Waals surface area contributed by atoms with Crippen molar-refractivity contribution in [2.75, 3.05) is 16.4 Å². The molecule has 0 unspecified atom stereocenters. The maximum absolute atomic E-state index is 13.5. The van der Waals surface area contributed by atoms with Gasteiger partial charge in [-0.3, -0.25) is 9.78 Å². The number of halogens is 3. The van der Waals surface area contributed by atoms with E-state index in [2.05, 4.69) is 30.6 Å². The second-order valence-electron chi connectivity index (χ2n) is 6.59. The van der Waals surface area contributed by atoms with Crippen LogP contribution in [0.4, 0.5) is 30.6 Å². The van der Waals surface area contributed by atoms with Crippen LogP contribution in [-0.4, -0.2) is 40.0 Å². The number of hydrogen-bond acceptors (Lipinski definition) is 9. The Hall–Kier alpha value is -3.81. The highest BCUT2D eigenvalue weighted by atomic mass is 32.2. The van der Waals surface area contributed by atoms with E-state index in [9.17, 15) is 26.4 Å². The molecule has 0 saturated carbocycles. The van der Waals surface area contributed by atoms with Gasteiger partial charge in [0.2, 0.25) is 11.9 Å². The molecular formula is C19H18F3N7O3S. The Bertz CT molecular complexity index is 1270. The summed E-state index contributed by atoms with van der Waals surface area (Å²) in [6, 6.07) is 5.82. The zero-order valence-electron chi connectivity index (χ0n) is 17.1. The molecule has 2 aromatic heterocycles. The van der Waals surface area contributed by atoms with Gasteiger partial charge in [0, 0.05) is 29.8 Å². The lowest BCUT2D eigenvalue weighted by Gasteiger charge is -2.15. The summed E-state index contributed by atoms with van der Waals surface area (Å²) >= 11 is 0. The fraction of sp³-hybridized carbons (Fsp3) is 0.211. The number of carbonyl (C=O) groups excluding carboxylic acids is 1. The minimum Gasteiger partial charge on any atom is -0.366 e. The van der Waals surface area contributed by atoms with Gasteiger partial charge in [-0.1, -0.05) is 6.92 Å². The van der Waals surface area contributed by atoms with E-state index in [1.807, 2.05) is 0 Å². The van der Waals surface area contributed by atoms with Crippen molar-refractivity contribution >= 4 is 33.2 Å². The van der Waals surface area contributed by atoms with Gasteiger partial charge in [0.05, 0.1) is 18.0 Å². The molecule has 3 rings (SSSR count). The van der Waals surface area contributed by atoms with Crippen LogP contribution in [0.1, 0.15) is 28.5 Å². The average molecular weight is 481 g/mol. The zero-order chi connectivity index (χ0) is 24.2. The Balaban J connectivity index is 1.90. The molecular weight excluding hydrogens is 463 g/mol. The number of carbonyl (C=O) groups is 1. The normalized spacial score (nSPS) is 11.8. The van der Waals surface area contributed by atoms with Gasteiger partial charge >= 0.3 is 6.18 Å². The number of hydrogen-bond donors (Lipinski definition) is 3. The Kier molecular flexibility index (Phi) is 6.76. The molecule has 0 fully saturated rings. The molecule has 14 heteroatoms. The van der Waals surface area contributed by atoms with Gasteiger partial charge < -0.3 is 16.4 Å². The first kappa shape index (κ1) is 23.8. The van der Waals surface area contributed by atoms with Gasteiger partial charge in [-0.05, 0) is 24.3 Å². The van der Waals surface area contributed by atoms with Crippen molar-refractivity contribution < 1.29 is 26.4 Å². The minimum atomic E-state index is -4.77. The maximum atomic E-state index is 13.5. The lowest BCUT2D eigenvalue weighted by atomic mass is 10.2. The second-order valence-corrected chi connectivity index (χ2v) is 8.78. The number of sulfone groups is 1. The highest BCUT2D eigenvalue weighted by molar-refractivity contribution is 7.91. The van der Waals surface area contributed by atoms with Gasteiger partial charge in [0.1, 0.15) is 11.4 Å². The van der Waals surface area contributed by atoms with Gasteiger partial charge in [-0.15, -0.1) is 0 Å². The van der Waals surface area contributed by atoms with E-state index in [1.165, 1.54) is 43.6 Å². The Morgan fingerprint density at radius 1 is 1.09 bits per heavy atom. The van der Waals surface area contributed by atoms with Crippen LogP contribution in [0.5, 0.6) is 0 Å². The van der Waals surface area contributed by atoms with E-state index in [1.54, 1.807) is 0 Å². The third-order valence-corrected chi connectivity index (χ3v) is 6.04. The molecule has 0 aliphatic rings. The van der Waals surface area contributed by atoms with Crippen molar-refractivity contribution in [3.8, 4) is 0 Å². The topological polar surface area (TPSA) is 153 Å². The fourth-order valence-electron chi connectivity index (χ4n) is 2.67. The summed E-state index contributed by atoms with van der Waals surface area (Å²) in [6.07, 6.45) is -1.76. The van der Waals surface area contributed by atoms with Crippen molar-refractivity contribution in [1.29, 1.82) is 0 Å². The van der Waals surface area contributed by atoms with Crippen LogP contribution in [0.3, 0.4) is 0 Å². The van der Waals surface area contributed by atoms with Crippen LogP contribution in [0.2, 0.25) is 0 Å². The van der Waals surface area contributed by atoms with Crippen LogP contribution in [0, 0.1) is 0 Å². The number of rotatable bonds is 8. The molecule has 0 aliphatic carbocycles. The molecule has 3 aromatic rings. The molecule has 0 bridgehead atoms. The summed E-state index contributed by atoms with van der Waals surface area (Å²) in [4.78, 5) is 26.5. The summed E-state index contributed by atoms with van der Waals surface area (Å²) in [5.41, 5.74) is 4.62. The number of amides is 1. The minimum absolute atomic E-state index is 0.0531. The molecule has 10 nitrogen and oxygen atoms in total. The van der Waals surface area contributed by atoms with E-state index >= 15 is 0 Å². The van der Waals surface area contributed by atoms with Crippen molar-refractivity contribution in [1.82, 2.24) is 19.9 Å². The number of anilines is 3. The predicted molar refractivity (Wildman–Crippen MR) is 112 cm³/mol. The van der Waals surface area contributed by atoms with Crippen LogP contribution in [0.15, 0.2) is 47.9 Å². The summed E-state index contributed by atoms with van der Waals surface area (Å²) in [6.45, 7) is 1.04. The standard InChI is InChI=1S/C19H18F3N7O3S/c1-2-33(31,32)17-14(24-7-8-25-17)10-26-16-13(19(20,21)22)9-27-18(29-16)28-12-5-3-11(4-6-12)15(23)30/h3-9H,2,10H2,1H3,(H2,23,30)(H2,26,27,28,29). The Morgan fingerprint density at radius 2 is 1.76 bits per heavy atom. The number of nitrogens with one attached hydrogen (secondary N) is 2. The van der Waals surface area contributed by atoms with E-state index < -0.39 is 33.3 Å². The number of nitrogens with two attached hydrogens (primary N) is 1. The molecule has 0 radical (unpaired) electrons. The first-order chi connectivity index (χ1) is 15.5. The van der Waals surface area contributed by atoms with E-state index in [4.69, 9.17) is 5.73 Å². The highest BCUT2D eigenvalue weighted by Gasteiger charge is 2.35. The summed E-state index contributed by atoms with van der Waals surface area (Å²) in [5.74, 6) is -1.63. The number of aromatic nitrogens is 4. The third-order valence-electron chi connectivity index (χ3n) is 4.35. The predicted octanol–water partition coefficient (Wildman–Crippen LogP) is 2.53. The summed E-state index contributed by atoms with van der Waals surface area (Å²) < 4.78 is 64.8. The molecule has 174 valence electrons. The molecule has 1 amide bonds. The van der Waals surface area contributed by atoms with Gasteiger partial charge in [-0.2, -0.15) is 18.2 Å². The van der Waals surface area contributed by atoms with Crippen molar-refractivity contribution in [2.45, 2.75) is 24.7 Å². The first-order valence-corrected chi connectivity index (χ1v) is 11.0. The van der Waals surface area contributed by atoms with E-state index in [0.717, 1.165) is 0 Å².